The fraction of sp³-hybridized carbons (Fsp3) is 0. The third-order valence-corrected chi connectivity index (χ3v) is 2.90. The molecule has 92 valence electrons. The molecule has 1 N–H and O–H groups in total. The maximum absolute atomic E-state index is 6.07. The van der Waals surface area contributed by atoms with E-state index < -0.39 is 0 Å². The lowest BCUT2D eigenvalue weighted by Gasteiger charge is -2.03. The van der Waals surface area contributed by atoms with Crippen LogP contribution < -0.4 is 5.43 Å². The van der Waals surface area contributed by atoms with E-state index in [9.17, 15) is 0 Å². The molecule has 0 saturated carbocycles. The smallest absolute Gasteiger partial charge is 0.156 e. The maximum Gasteiger partial charge on any atom is 0.156 e. The summed E-state index contributed by atoms with van der Waals surface area (Å²) in [6.07, 6.45) is 0. The lowest BCUT2D eigenvalue weighted by atomic mass is 10.2. The molecule has 0 aliphatic carbocycles. The Kier molecular flexibility index (Phi) is 4.48. The third-order valence-electron chi connectivity index (χ3n) is 2.16. The van der Waals surface area contributed by atoms with E-state index in [0.717, 1.165) is 5.69 Å². The molecule has 0 fully saturated rings. The van der Waals surface area contributed by atoms with Crippen LogP contribution in [0.5, 0.6) is 0 Å². The monoisotopic (exact) mass is 298 g/mol. The number of hydrazone groups is 1. The van der Waals surface area contributed by atoms with Crippen LogP contribution in [0.25, 0.3) is 0 Å². The fourth-order valence-corrected chi connectivity index (χ4v) is 2.04. The summed E-state index contributed by atoms with van der Waals surface area (Å²) < 4.78 is 0. The van der Waals surface area contributed by atoms with E-state index in [1.165, 1.54) is 0 Å². The zero-order valence-electron chi connectivity index (χ0n) is 9.20. The first-order chi connectivity index (χ1) is 8.65. The second-order valence-electron chi connectivity index (χ2n) is 3.54. The van der Waals surface area contributed by atoms with Crippen molar-refractivity contribution in [3.8, 4) is 0 Å². The predicted molar refractivity (Wildman–Crippen MR) is 78.9 cm³/mol. The van der Waals surface area contributed by atoms with Gasteiger partial charge in [-0.1, -0.05) is 53.0 Å². The lowest BCUT2D eigenvalue weighted by molar-refractivity contribution is 1.34. The van der Waals surface area contributed by atoms with Gasteiger partial charge in [0.15, 0.2) is 5.17 Å². The highest BCUT2D eigenvalue weighted by molar-refractivity contribution is 6.69. The lowest BCUT2D eigenvalue weighted by Crippen LogP contribution is -1.97. The summed E-state index contributed by atoms with van der Waals surface area (Å²) in [5.74, 6) is 0. The van der Waals surface area contributed by atoms with Gasteiger partial charge in [-0.15, -0.1) is 0 Å². The van der Waals surface area contributed by atoms with E-state index >= 15 is 0 Å². The van der Waals surface area contributed by atoms with Crippen LogP contribution >= 0.6 is 34.8 Å². The molecule has 0 aliphatic rings. The van der Waals surface area contributed by atoms with Crippen LogP contribution in [0.3, 0.4) is 0 Å². The molecular weight excluding hydrogens is 291 g/mol. The van der Waals surface area contributed by atoms with Gasteiger partial charge < -0.3 is 0 Å². The van der Waals surface area contributed by atoms with Crippen molar-refractivity contribution in [2.75, 3.05) is 5.43 Å². The van der Waals surface area contributed by atoms with Crippen molar-refractivity contribution in [2.45, 2.75) is 0 Å². The van der Waals surface area contributed by atoms with E-state index in [0.29, 0.717) is 20.8 Å². The minimum absolute atomic E-state index is 0.295. The summed E-state index contributed by atoms with van der Waals surface area (Å²) in [5, 5.41) is 5.39. The number of para-hydroxylation sites is 1. The summed E-state index contributed by atoms with van der Waals surface area (Å²) >= 11 is 17.9. The molecule has 18 heavy (non-hydrogen) atoms. The molecule has 2 nitrogen and oxygen atoms in total. The molecule has 2 aromatic rings. The van der Waals surface area contributed by atoms with Crippen LogP contribution in [0.1, 0.15) is 5.56 Å². The minimum Gasteiger partial charge on any atom is -0.277 e. The van der Waals surface area contributed by atoms with Gasteiger partial charge in [0.1, 0.15) is 0 Å². The molecule has 0 spiro atoms. The molecule has 0 aromatic heterocycles. The minimum atomic E-state index is 0.295. The number of anilines is 1. The van der Waals surface area contributed by atoms with Crippen LogP contribution in [-0.4, -0.2) is 5.17 Å². The Morgan fingerprint density at radius 1 is 0.944 bits per heavy atom. The second-order valence-corrected chi connectivity index (χ2v) is 4.77. The number of nitrogens with zero attached hydrogens (tertiary/aromatic N) is 1. The standard InChI is InChI=1S/C13H9Cl3N2/c14-10-6-9(7-11(15)8-10)13(16)18-17-12-4-2-1-3-5-12/h1-8,17H/b18-13-. The van der Waals surface area contributed by atoms with Crippen molar-refractivity contribution in [2.24, 2.45) is 5.10 Å². The molecule has 0 heterocycles. The molecule has 0 bridgehead atoms. The van der Waals surface area contributed by atoms with Crippen LogP contribution in [0, 0.1) is 0 Å². The fourth-order valence-electron chi connectivity index (χ4n) is 1.36. The highest BCUT2D eigenvalue weighted by Crippen LogP contribution is 2.20. The Hall–Kier alpha value is -1.22. The molecule has 2 rings (SSSR count). The van der Waals surface area contributed by atoms with Crippen LogP contribution in [0.2, 0.25) is 10.0 Å². The van der Waals surface area contributed by atoms with Gasteiger partial charge in [0.25, 0.3) is 0 Å². The second kappa shape index (κ2) is 6.10. The van der Waals surface area contributed by atoms with Crippen LogP contribution in [-0.2, 0) is 0 Å². The van der Waals surface area contributed by atoms with Crippen LogP contribution in [0.15, 0.2) is 53.6 Å². The average Bonchev–Trinajstić information content (AvgIpc) is 2.36. The van der Waals surface area contributed by atoms with E-state index in [2.05, 4.69) is 10.5 Å². The Bertz CT molecular complexity index is 547. The Balaban J connectivity index is 2.18. The first kappa shape index (κ1) is 13.2. The molecule has 0 amide bonds. The average molecular weight is 300 g/mol. The Morgan fingerprint density at radius 3 is 2.17 bits per heavy atom. The molecule has 0 saturated heterocycles. The van der Waals surface area contributed by atoms with Crippen molar-refractivity contribution in [1.29, 1.82) is 0 Å². The Labute approximate surface area is 120 Å². The van der Waals surface area contributed by atoms with Gasteiger partial charge in [-0.25, -0.2) is 0 Å². The molecular formula is C13H9Cl3N2. The number of benzene rings is 2. The molecule has 0 atom stereocenters. The summed E-state index contributed by atoms with van der Waals surface area (Å²) in [6, 6.07) is 14.5. The van der Waals surface area contributed by atoms with E-state index in [1.54, 1.807) is 18.2 Å². The van der Waals surface area contributed by atoms with Gasteiger partial charge in [0, 0.05) is 15.6 Å². The number of hydrogen-bond acceptors (Lipinski definition) is 2. The number of nitrogens with one attached hydrogen (secondary N) is 1. The van der Waals surface area contributed by atoms with Crippen molar-refractivity contribution in [1.82, 2.24) is 0 Å². The molecule has 5 heteroatoms. The molecule has 0 unspecified atom stereocenters. The summed E-state index contributed by atoms with van der Waals surface area (Å²) in [6.45, 7) is 0. The third kappa shape index (κ3) is 3.64. The Morgan fingerprint density at radius 2 is 1.56 bits per heavy atom. The molecule has 0 radical (unpaired) electrons. The SMILES string of the molecule is Cl/C(=N\Nc1ccccc1)c1cc(Cl)cc(Cl)c1. The first-order valence-electron chi connectivity index (χ1n) is 5.16. The van der Waals surface area contributed by atoms with Gasteiger partial charge in [-0.05, 0) is 30.3 Å². The van der Waals surface area contributed by atoms with Gasteiger partial charge in [-0.3, -0.25) is 5.43 Å². The number of hydrogen-bond donors (Lipinski definition) is 1. The number of halogens is 3. The van der Waals surface area contributed by atoms with Gasteiger partial charge in [0.2, 0.25) is 0 Å². The van der Waals surface area contributed by atoms with Crippen molar-refractivity contribution in [3.63, 3.8) is 0 Å². The summed E-state index contributed by atoms with van der Waals surface area (Å²) in [5.41, 5.74) is 4.37. The zero-order chi connectivity index (χ0) is 13.0. The summed E-state index contributed by atoms with van der Waals surface area (Å²) in [4.78, 5) is 0. The van der Waals surface area contributed by atoms with E-state index in [1.807, 2.05) is 30.3 Å². The molecule has 0 aliphatic heterocycles. The van der Waals surface area contributed by atoms with Crippen molar-refractivity contribution < 1.29 is 0 Å². The zero-order valence-corrected chi connectivity index (χ0v) is 11.5. The van der Waals surface area contributed by atoms with Gasteiger partial charge >= 0.3 is 0 Å². The highest BCUT2D eigenvalue weighted by Gasteiger charge is 2.03. The van der Waals surface area contributed by atoms with E-state index in [4.69, 9.17) is 34.8 Å². The van der Waals surface area contributed by atoms with Gasteiger partial charge in [-0.2, -0.15) is 5.10 Å². The van der Waals surface area contributed by atoms with E-state index in [-0.39, 0.29) is 0 Å². The predicted octanol–water partition coefficient (Wildman–Crippen LogP) is 5.01. The van der Waals surface area contributed by atoms with Gasteiger partial charge in [0.05, 0.1) is 5.69 Å². The quantitative estimate of drug-likeness (QED) is 0.625. The highest BCUT2D eigenvalue weighted by atomic mass is 35.5. The normalized spacial score (nSPS) is 11.4. The molecule has 2 aromatic carbocycles. The topological polar surface area (TPSA) is 24.4 Å². The van der Waals surface area contributed by atoms with Crippen molar-refractivity contribution >= 4 is 45.7 Å². The first-order valence-corrected chi connectivity index (χ1v) is 6.29. The number of rotatable bonds is 3. The van der Waals surface area contributed by atoms with Crippen LogP contribution in [0.4, 0.5) is 5.69 Å². The summed E-state index contributed by atoms with van der Waals surface area (Å²) in [7, 11) is 0. The maximum atomic E-state index is 6.07. The van der Waals surface area contributed by atoms with Crippen molar-refractivity contribution in [3.05, 3.63) is 64.1 Å². The largest absolute Gasteiger partial charge is 0.277 e.